The average Bonchev–Trinajstić information content (AvgIpc) is 2.49. The molecule has 0 aliphatic rings. The SMILES string of the molecule is O=C=Nc1cc2cccc(Br)c2[nH]1. The molecule has 64 valence electrons. The van der Waals surface area contributed by atoms with Crippen LogP contribution in [0.2, 0.25) is 0 Å². The highest BCUT2D eigenvalue weighted by atomic mass is 79.9. The maximum Gasteiger partial charge on any atom is 0.242 e. The number of para-hydroxylation sites is 1. The second kappa shape index (κ2) is 3.17. The van der Waals surface area contributed by atoms with Crippen LogP contribution in [0.3, 0.4) is 0 Å². The number of halogens is 1. The number of nitrogens with one attached hydrogen (secondary N) is 1. The van der Waals surface area contributed by atoms with Gasteiger partial charge in [-0.3, -0.25) is 0 Å². The number of hydrogen-bond donors (Lipinski definition) is 1. The Morgan fingerprint density at radius 3 is 3.00 bits per heavy atom. The number of nitrogens with zero attached hydrogens (tertiary/aromatic N) is 1. The van der Waals surface area contributed by atoms with Gasteiger partial charge in [0.05, 0.1) is 5.52 Å². The summed E-state index contributed by atoms with van der Waals surface area (Å²) in [7, 11) is 0. The summed E-state index contributed by atoms with van der Waals surface area (Å²) in [4.78, 5) is 16.5. The molecule has 0 saturated heterocycles. The van der Waals surface area contributed by atoms with Crippen LogP contribution in [-0.4, -0.2) is 11.1 Å². The van der Waals surface area contributed by atoms with E-state index in [0.29, 0.717) is 5.82 Å². The smallest absolute Gasteiger partial charge is 0.242 e. The van der Waals surface area contributed by atoms with Crippen molar-refractivity contribution in [3.05, 3.63) is 28.7 Å². The molecule has 0 bridgehead atoms. The lowest BCUT2D eigenvalue weighted by atomic mass is 10.2. The summed E-state index contributed by atoms with van der Waals surface area (Å²) in [5, 5.41) is 1.02. The maximum atomic E-state index is 10.0. The topological polar surface area (TPSA) is 45.2 Å². The second-order valence-corrected chi connectivity index (χ2v) is 3.42. The van der Waals surface area contributed by atoms with E-state index in [1.807, 2.05) is 18.2 Å². The lowest BCUT2D eigenvalue weighted by Gasteiger charge is -1.90. The number of isocyanates is 1. The van der Waals surface area contributed by atoms with Gasteiger partial charge >= 0.3 is 0 Å². The van der Waals surface area contributed by atoms with E-state index in [9.17, 15) is 4.79 Å². The molecule has 1 N–H and O–H groups in total. The molecule has 1 aromatic carbocycles. The Hall–Kier alpha value is -1.38. The molecule has 0 unspecified atom stereocenters. The minimum atomic E-state index is 0.525. The molecule has 1 aromatic heterocycles. The third-order valence-corrected chi connectivity index (χ3v) is 2.42. The molecular formula is C9H5BrN2O. The average molecular weight is 237 g/mol. The van der Waals surface area contributed by atoms with Crippen LogP contribution in [0.25, 0.3) is 10.9 Å². The van der Waals surface area contributed by atoms with Crippen molar-refractivity contribution in [2.75, 3.05) is 0 Å². The van der Waals surface area contributed by atoms with Crippen LogP contribution in [0.4, 0.5) is 5.82 Å². The number of rotatable bonds is 1. The van der Waals surface area contributed by atoms with E-state index in [2.05, 4.69) is 25.9 Å². The van der Waals surface area contributed by atoms with Crippen molar-refractivity contribution in [1.82, 2.24) is 4.98 Å². The van der Waals surface area contributed by atoms with Gasteiger partial charge in [0.15, 0.2) is 0 Å². The van der Waals surface area contributed by atoms with Crippen molar-refractivity contribution in [1.29, 1.82) is 0 Å². The van der Waals surface area contributed by atoms with Crippen LogP contribution >= 0.6 is 15.9 Å². The zero-order chi connectivity index (χ0) is 9.26. The summed E-state index contributed by atoms with van der Waals surface area (Å²) in [5.74, 6) is 0.525. The lowest BCUT2D eigenvalue weighted by Crippen LogP contribution is -1.68. The molecule has 0 atom stereocenters. The molecule has 0 aliphatic carbocycles. The Balaban J connectivity index is 2.75. The van der Waals surface area contributed by atoms with Gasteiger partial charge in [-0.1, -0.05) is 12.1 Å². The Bertz CT molecular complexity index is 497. The number of benzene rings is 1. The van der Waals surface area contributed by atoms with Crippen LogP contribution in [-0.2, 0) is 4.79 Å². The zero-order valence-corrected chi connectivity index (χ0v) is 8.13. The molecule has 2 aromatic rings. The van der Waals surface area contributed by atoms with Crippen molar-refractivity contribution in [2.45, 2.75) is 0 Å². The molecular weight excluding hydrogens is 232 g/mol. The van der Waals surface area contributed by atoms with Crippen molar-refractivity contribution < 1.29 is 4.79 Å². The second-order valence-electron chi connectivity index (χ2n) is 2.56. The van der Waals surface area contributed by atoms with Gasteiger partial charge in [-0.15, -0.1) is 4.99 Å². The number of H-pyrrole nitrogens is 1. The van der Waals surface area contributed by atoms with E-state index in [4.69, 9.17) is 0 Å². The van der Waals surface area contributed by atoms with Gasteiger partial charge in [-0.25, -0.2) is 4.79 Å². The normalized spacial score (nSPS) is 9.92. The first-order valence-electron chi connectivity index (χ1n) is 3.66. The summed E-state index contributed by atoms with van der Waals surface area (Å²) >= 11 is 3.39. The Morgan fingerprint density at radius 1 is 1.46 bits per heavy atom. The molecule has 0 radical (unpaired) electrons. The van der Waals surface area contributed by atoms with E-state index in [0.717, 1.165) is 15.4 Å². The molecule has 0 amide bonds. The van der Waals surface area contributed by atoms with Crippen LogP contribution in [0, 0.1) is 0 Å². The third kappa shape index (κ3) is 1.41. The number of fused-ring (bicyclic) bond motifs is 1. The van der Waals surface area contributed by atoms with E-state index < -0.39 is 0 Å². The quantitative estimate of drug-likeness (QED) is 0.601. The molecule has 0 fully saturated rings. The summed E-state index contributed by atoms with van der Waals surface area (Å²) < 4.78 is 0.956. The zero-order valence-electron chi connectivity index (χ0n) is 6.54. The first-order chi connectivity index (χ1) is 6.31. The fourth-order valence-corrected chi connectivity index (χ4v) is 1.69. The standard InChI is InChI=1S/C9H5BrN2O/c10-7-3-1-2-6-4-8(11-5-13)12-9(6)7/h1-4,12H. The number of aromatic amines is 1. The van der Waals surface area contributed by atoms with Crippen molar-refractivity contribution in [2.24, 2.45) is 4.99 Å². The molecule has 3 nitrogen and oxygen atoms in total. The largest absolute Gasteiger partial charge is 0.338 e. The van der Waals surface area contributed by atoms with Gasteiger partial charge in [0.25, 0.3) is 0 Å². The Kier molecular flexibility index (Phi) is 2.00. The molecule has 1 heterocycles. The highest BCUT2D eigenvalue weighted by molar-refractivity contribution is 9.10. The molecule has 0 aliphatic heterocycles. The van der Waals surface area contributed by atoms with Gasteiger partial charge in [0.1, 0.15) is 5.82 Å². The van der Waals surface area contributed by atoms with Crippen LogP contribution in [0.5, 0.6) is 0 Å². The van der Waals surface area contributed by atoms with Crippen molar-refractivity contribution in [3.63, 3.8) is 0 Å². The number of hydrogen-bond acceptors (Lipinski definition) is 2. The highest BCUT2D eigenvalue weighted by Gasteiger charge is 2.01. The predicted molar refractivity (Wildman–Crippen MR) is 53.8 cm³/mol. The Labute approximate surface area is 82.6 Å². The van der Waals surface area contributed by atoms with Crippen LogP contribution in [0.1, 0.15) is 0 Å². The van der Waals surface area contributed by atoms with E-state index in [1.54, 1.807) is 6.07 Å². The number of aliphatic imine (C=N–C) groups is 1. The maximum absolute atomic E-state index is 10.0. The van der Waals surface area contributed by atoms with Crippen LogP contribution < -0.4 is 0 Å². The van der Waals surface area contributed by atoms with E-state index >= 15 is 0 Å². The predicted octanol–water partition coefficient (Wildman–Crippen LogP) is 2.90. The summed E-state index contributed by atoms with van der Waals surface area (Å²) in [5.41, 5.74) is 0.941. The lowest BCUT2D eigenvalue weighted by molar-refractivity contribution is 0.565. The molecule has 13 heavy (non-hydrogen) atoms. The summed E-state index contributed by atoms with van der Waals surface area (Å²) in [6.45, 7) is 0. The highest BCUT2D eigenvalue weighted by Crippen LogP contribution is 2.26. The first-order valence-corrected chi connectivity index (χ1v) is 4.45. The third-order valence-electron chi connectivity index (χ3n) is 1.76. The fraction of sp³-hybridized carbons (Fsp3) is 0. The van der Waals surface area contributed by atoms with Gasteiger partial charge in [0, 0.05) is 9.86 Å². The molecule has 0 spiro atoms. The van der Waals surface area contributed by atoms with Gasteiger partial charge in [-0.05, 0) is 28.1 Å². The van der Waals surface area contributed by atoms with Crippen molar-refractivity contribution >= 4 is 38.7 Å². The van der Waals surface area contributed by atoms with Gasteiger partial charge in [0.2, 0.25) is 6.08 Å². The van der Waals surface area contributed by atoms with E-state index in [-0.39, 0.29) is 0 Å². The Morgan fingerprint density at radius 2 is 2.31 bits per heavy atom. The minimum absolute atomic E-state index is 0.525. The van der Waals surface area contributed by atoms with Crippen LogP contribution in [0.15, 0.2) is 33.7 Å². The fourth-order valence-electron chi connectivity index (χ4n) is 1.21. The van der Waals surface area contributed by atoms with Crippen molar-refractivity contribution in [3.8, 4) is 0 Å². The number of aromatic nitrogens is 1. The molecule has 4 heteroatoms. The minimum Gasteiger partial charge on any atom is -0.338 e. The van der Waals surface area contributed by atoms with Gasteiger partial charge in [-0.2, -0.15) is 0 Å². The number of carbonyl (C=O) groups excluding carboxylic acids is 1. The molecule has 0 saturated carbocycles. The monoisotopic (exact) mass is 236 g/mol. The summed E-state index contributed by atoms with van der Waals surface area (Å²) in [6.07, 6.45) is 1.49. The van der Waals surface area contributed by atoms with E-state index in [1.165, 1.54) is 6.08 Å². The van der Waals surface area contributed by atoms with Gasteiger partial charge < -0.3 is 4.98 Å². The summed E-state index contributed by atoms with van der Waals surface area (Å²) in [6, 6.07) is 7.59. The molecule has 2 rings (SSSR count). The first kappa shape index (κ1) is 8.23.